The molecule has 0 aliphatic carbocycles. The third kappa shape index (κ3) is 2.41. The Kier molecular flexibility index (Phi) is 3.45. The fourth-order valence-electron chi connectivity index (χ4n) is 2.48. The maximum atomic E-state index is 6.25. The number of nitrogens with zero attached hydrogens (tertiary/aromatic N) is 2. The Bertz CT molecular complexity index is 763. The van der Waals surface area contributed by atoms with Crippen molar-refractivity contribution in [2.24, 2.45) is 5.73 Å². The van der Waals surface area contributed by atoms with Crippen molar-refractivity contribution in [3.05, 3.63) is 36.0 Å². The molecule has 0 amide bonds. The molecule has 0 fully saturated rings. The molecule has 1 aromatic carbocycles. The summed E-state index contributed by atoms with van der Waals surface area (Å²) in [6.45, 7) is 0.607. The van der Waals surface area contributed by atoms with Crippen LogP contribution in [0.25, 0.3) is 22.2 Å². The Balaban J connectivity index is 2.11. The summed E-state index contributed by atoms with van der Waals surface area (Å²) in [5.74, 6) is 0.482. The maximum absolute atomic E-state index is 6.25. The number of nitrogens with one attached hydrogen (secondary N) is 1. The molecule has 0 radical (unpaired) electrons. The first-order valence-corrected chi connectivity index (χ1v) is 6.88. The summed E-state index contributed by atoms with van der Waals surface area (Å²) >= 11 is 0. The molecule has 108 valence electrons. The van der Waals surface area contributed by atoms with Crippen LogP contribution in [-0.2, 0) is 6.42 Å². The van der Waals surface area contributed by atoms with E-state index in [1.807, 2.05) is 24.3 Å². The van der Waals surface area contributed by atoms with Gasteiger partial charge in [-0.2, -0.15) is 5.10 Å². The van der Waals surface area contributed by atoms with E-state index in [0.29, 0.717) is 18.1 Å². The van der Waals surface area contributed by atoms with Gasteiger partial charge in [-0.05, 0) is 31.5 Å². The third-order valence-corrected chi connectivity index (χ3v) is 3.61. The van der Waals surface area contributed by atoms with Crippen LogP contribution in [0.2, 0.25) is 0 Å². The van der Waals surface area contributed by atoms with Crippen molar-refractivity contribution in [1.29, 1.82) is 0 Å². The smallest absolute Gasteiger partial charge is 0.129 e. The minimum absolute atomic E-state index is 0.482. The van der Waals surface area contributed by atoms with Gasteiger partial charge in [0.25, 0.3) is 0 Å². The second-order valence-corrected chi connectivity index (χ2v) is 4.98. The number of pyridine rings is 1. The third-order valence-electron chi connectivity index (χ3n) is 3.61. The Morgan fingerprint density at radius 1 is 1.14 bits per heavy atom. The molecule has 7 N–H and O–H groups in total. The lowest BCUT2D eigenvalue weighted by molar-refractivity contribution is 0.834. The quantitative estimate of drug-likeness (QED) is 0.580. The zero-order valence-electron chi connectivity index (χ0n) is 11.6. The lowest BCUT2D eigenvalue weighted by Gasteiger charge is -2.12. The van der Waals surface area contributed by atoms with Crippen molar-refractivity contribution in [2.75, 3.05) is 18.0 Å². The molecule has 2 heterocycles. The Morgan fingerprint density at radius 3 is 2.71 bits per heavy atom. The van der Waals surface area contributed by atoms with Crippen LogP contribution in [0.1, 0.15) is 12.0 Å². The van der Waals surface area contributed by atoms with Crippen LogP contribution in [0.15, 0.2) is 30.5 Å². The monoisotopic (exact) mass is 282 g/mol. The van der Waals surface area contributed by atoms with Crippen LogP contribution in [0.5, 0.6) is 0 Å². The van der Waals surface area contributed by atoms with E-state index < -0.39 is 0 Å². The van der Waals surface area contributed by atoms with Crippen molar-refractivity contribution in [2.45, 2.75) is 12.8 Å². The molecule has 2 aromatic heterocycles. The van der Waals surface area contributed by atoms with E-state index in [2.05, 4.69) is 15.2 Å². The standard InChI is InChI=1S/C15H18N6/c16-6-1-2-11-14(17)10-4-3-9(12-5-7-19-21-12)8-13(10)20-15(11)18/h3-5,7-8H,1-2,6,16H2,(H,19,21)(H4,17,18,20). The van der Waals surface area contributed by atoms with Gasteiger partial charge in [0.1, 0.15) is 5.82 Å². The molecule has 0 spiro atoms. The molecule has 3 aromatic rings. The minimum atomic E-state index is 0.482. The number of anilines is 2. The molecular weight excluding hydrogens is 264 g/mol. The van der Waals surface area contributed by atoms with Crippen molar-refractivity contribution in [3.8, 4) is 11.3 Å². The summed E-state index contributed by atoms with van der Waals surface area (Å²) in [5.41, 5.74) is 22.2. The molecule has 21 heavy (non-hydrogen) atoms. The number of hydrogen-bond acceptors (Lipinski definition) is 5. The average Bonchev–Trinajstić information content (AvgIpc) is 3.00. The summed E-state index contributed by atoms with van der Waals surface area (Å²) in [6.07, 6.45) is 3.30. The zero-order chi connectivity index (χ0) is 14.8. The Morgan fingerprint density at radius 2 is 2.00 bits per heavy atom. The largest absolute Gasteiger partial charge is 0.398 e. The Hall–Kier alpha value is -2.60. The number of fused-ring (bicyclic) bond motifs is 1. The summed E-state index contributed by atoms with van der Waals surface area (Å²) in [4.78, 5) is 4.48. The van der Waals surface area contributed by atoms with E-state index in [1.165, 1.54) is 0 Å². The molecule has 3 rings (SSSR count). The van der Waals surface area contributed by atoms with Crippen LogP contribution in [-0.4, -0.2) is 21.7 Å². The lowest BCUT2D eigenvalue weighted by atomic mass is 10.0. The first kappa shape index (κ1) is 13.4. The molecule has 0 unspecified atom stereocenters. The second-order valence-electron chi connectivity index (χ2n) is 4.98. The van der Waals surface area contributed by atoms with Crippen molar-refractivity contribution >= 4 is 22.4 Å². The van der Waals surface area contributed by atoms with Gasteiger partial charge in [-0.25, -0.2) is 4.98 Å². The number of H-pyrrole nitrogens is 1. The van der Waals surface area contributed by atoms with Gasteiger partial charge < -0.3 is 17.2 Å². The molecule has 0 saturated carbocycles. The maximum Gasteiger partial charge on any atom is 0.129 e. The van der Waals surface area contributed by atoms with Gasteiger partial charge in [0, 0.05) is 28.4 Å². The van der Waals surface area contributed by atoms with E-state index in [9.17, 15) is 0 Å². The lowest BCUT2D eigenvalue weighted by Crippen LogP contribution is -2.07. The second kappa shape index (κ2) is 5.41. The predicted molar refractivity (Wildman–Crippen MR) is 85.5 cm³/mol. The molecule has 0 saturated heterocycles. The molecule has 0 bridgehead atoms. The molecule has 6 nitrogen and oxygen atoms in total. The highest BCUT2D eigenvalue weighted by molar-refractivity contribution is 5.96. The van der Waals surface area contributed by atoms with Gasteiger partial charge in [-0.15, -0.1) is 0 Å². The SMILES string of the molecule is NCCCc1c(N)nc2cc(-c3ccn[nH]3)ccc2c1N. The highest BCUT2D eigenvalue weighted by Crippen LogP contribution is 2.30. The van der Waals surface area contributed by atoms with Crippen molar-refractivity contribution in [3.63, 3.8) is 0 Å². The number of hydrogen-bond donors (Lipinski definition) is 4. The first-order chi connectivity index (χ1) is 10.2. The summed E-state index contributed by atoms with van der Waals surface area (Å²) in [7, 11) is 0. The van der Waals surface area contributed by atoms with Crippen molar-refractivity contribution < 1.29 is 0 Å². The van der Waals surface area contributed by atoms with Crippen molar-refractivity contribution in [1.82, 2.24) is 15.2 Å². The predicted octanol–water partition coefficient (Wildman–Crippen LogP) is 1.68. The first-order valence-electron chi connectivity index (χ1n) is 6.88. The van der Waals surface area contributed by atoms with Gasteiger partial charge in [0.15, 0.2) is 0 Å². The minimum Gasteiger partial charge on any atom is -0.398 e. The fraction of sp³-hybridized carbons (Fsp3) is 0.200. The van der Waals surface area contributed by atoms with E-state index in [4.69, 9.17) is 17.2 Å². The number of benzene rings is 1. The van der Waals surface area contributed by atoms with Crippen LogP contribution in [0.3, 0.4) is 0 Å². The highest BCUT2D eigenvalue weighted by Gasteiger charge is 2.11. The number of rotatable bonds is 4. The molecular formula is C15H18N6. The van der Waals surface area contributed by atoms with Gasteiger partial charge in [-0.3, -0.25) is 5.10 Å². The average molecular weight is 282 g/mol. The van der Waals surface area contributed by atoms with E-state index in [0.717, 1.165) is 40.6 Å². The van der Waals surface area contributed by atoms with Gasteiger partial charge in [0.2, 0.25) is 0 Å². The molecule has 0 atom stereocenters. The van der Waals surface area contributed by atoms with Crippen LogP contribution < -0.4 is 17.2 Å². The molecule has 0 aliphatic heterocycles. The van der Waals surface area contributed by atoms with E-state index >= 15 is 0 Å². The Labute approximate surface area is 122 Å². The van der Waals surface area contributed by atoms with Crippen LogP contribution in [0.4, 0.5) is 11.5 Å². The van der Waals surface area contributed by atoms with Crippen LogP contribution in [0, 0.1) is 0 Å². The zero-order valence-corrected chi connectivity index (χ0v) is 11.6. The number of aromatic nitrogens is 3. The summed E-state index contributed by atoms with van der Waals surface area (Å²) < 4.78 is 0. The molecule has 6 heteroatoms. The number of aromatic amines is 1. The summed E-state index contributed by atoms with van der Waals surface area (Å²) in [5, 5.41) is 7.80. The number of nitrogens with two attached hydrogens (primary N) is 3. The fourth-order valence-corrected chi connectivity index (χ4v) is 2.48. The summed E-state index contributed by atoms with van der Waals surface area (Å²) in [6, 6.07) is 7.84. The topological polar surface area (TPSA) is 120 Å². The van der Waals surface area contributed by atoms with E-state index in [-0.39, 0.29) is 0 Å². The van der Waals surface area contributed by atoms with E-state index in [1.54, 1.807) is 6.20 Å². The van der Waals surface area contributed by atoms with Gasteiger partial charge >= 0.3 is 0 Å². The normalized spacial score (nSPS) is 11.1. The number of nitrogen functional groups attached to an aromatic ring is 2. The van der Waals surface area contributed by atoms with Gasteiger partial charge in [0.05, 0.1) is 11.2 Å². The molecule has 0 aliphatic rings. The highest BCUT2D eigenvalue weighted by atomic mass is 15.1. The van der Waals surface area contributed by atoms with Gasteiger partial charge in [-0.1, -0.05) is 12.1 Å². The van der Waals surface area contributed by atoms with Crippen LogP contribution >= 0.6 is 0 Å².